The van der Waals surface area contributed by atoms with Gasteiger partial charge >= 0.3 is 5.97 Å². The second-order valence-corrected chi connectivity index (χ2v) is 17.4. The SMILES string of the molecule is CC(=O)N[C@H]1[C@H](O[C@H]2[C@@H](O)[C@@H](CO)O[C@@H](O[C@@H]([C@@H](O)[C@H](O)CO[C@]3(C(=O)O)C[C@H](O)[C@@H](NC(C)=O)[C@H]([C@H](O)[C@H](O)CO)O3)[C@H](CO)NC(C)=O)[C@@H]2O)O[C@H](CO)[C@@H](O[C@@H]2O[C@H](CO)[C@H](O)[C@H](O)[C@H]2O)[C@@H]1O. The van der Waals surface area contributed by atoms with Crippen molar-refractivity contribution in [2.75, 3.05) is 39.6 Å². The molecule has 32 nitrogen and oxygen atoms in total. The zero-order valence-corrected chi connectivity index (χ0v) is 38.3. The van der Waals surface area contributed by atoms with Gasteiger partial charge in [0.15, 0.2) is 18.9 Å². The van der Waals surface area contributed by atoms with Gasteiger partial charge in [-0.15, -0.1) is 0 Å². The number of amides is 3. The molecule has 0 aromatic carbocycles. The topological polar surface area (TPSA) is 522 Å². The summed E-state index contributed by atoms with van der Waals surface area (Å²) in [6.45, 7) is -3.56. The standard InChI is InChI=1S/C39H67N3O29/c1-11(48)40-14(5-43)31(24(55)17(53)10-64-39(38(62)63)4-15(51)21(41-12(2)49)33(71-39)23(54)16(52)6-44)68-37-30(61)34(26(57)19(8-46)66-37)70-35-22(42-13(3)50)27(58)32(20(9-47)67-35)69-36-29(60)28(59)25(56)18(7-45)65-36/h14-37,43-47,51-61H,4-10H2,1-3H3,(H,40,48)(H,41,49)(H,42,50)(H,62,63)/t14-,15-,16+,17+,18+,19+,20+,21+,22+,23+,24-,25-,26-,27+,28-,29+,30+,31+,32+,33+,34-,35-,36-,37-,39+/m0/s1. The summed E-state index contributed by atoms with van der Waals surface area (Å²) in [7, 11) is 0. The van der Waals surface area contributed by atoms with Gasteiger partial charge in [0, 0.05) is 27.2 Å². The lowest BCUT2D eigenvalue weighted by atomic mass is 9.88. The number of rotatable bonds is 23. The minimum absolute atomic E-state index is 0.800. The second-order valence-electron chi connectivity index (χ2n) is 17.4. The maximum atomic E-state index is 12.7. The highest BCUT2D eigenvalue weighted by Gasteiger charge is 2.58. The van der Waals surface area contributed by atoms with Crippen molar-refractivity contribution in [3.05, 3.63) is 0 Å². The van der Waals surface area contributed by atoms with E-state index < -0.39 is 222 Å². The Balaban J connectivity index is 1.62. The smallest absolute Gasteiger partial charge is 0.364 e. The maximum absolute atomic E-state index is 12.7. The Morgan fingerprint density at radius 3 is 1.70 bits per heavy atom. The van der Waals surface area contributed by atoms with Gasteiger partial charge in [-0.1, -0.05) is 0 Å². The molecule has 4 heterocycles. The summed E-state index contributed by atoms with van der Waals surface area (Å²) in [5.41, 5.74) is 0. The highest BCUT2D eigenvalue weighted by Crippen LogP contribution is 2.36. The lowest BCUT2D eigenvalue weighted by Crippen LogP contribution is -2.69. The van der Waals surface area contributed by atoms with Crippen molar-refractivity contribution in [1.82, 2.24) is 16.0 Å². The molecule has 4 aliphatic rings. The van der Waals surface area contributed by atoms with E-state index in [9.17, 15) is 106 Å². The second kappa shape index (κ2) is 26.4. The normalized spacial score (nSPS) is 40.3. The first kappa shape index (κ1) is 60.5. The lowest BCUT2D eigenvalue weighted by Gasteiger charge is -2.49. The highest BCUT2D eigenvalue weighted by molar-refractivity contribution is 5.76. The summed E-state index contributed by atoms with van der Waals surface area (Å²) in [6, 6.07) is -5.15. The molecule has 0 saturated carbocycles. The largest absolute Gasteiger partial charge is 0.477 e. The van der Waals surface area contributed by atoms with Crippen LogP contribution in [0.3, 0.4) is 0 Å². The number of carbonyl (C=O) groups is 4. The van der Waals surface area contributed by atoms with Crippen LogP contribution in [0.25, 0.3) is 0 Å². The van der Waals surface area contributed by atoms with E-state index in [4.69, 9.17) is 37.9 Å². The van der Waals surface area contributed by atoms with Gasteiger partial charge in [-0.05, 0) is 0 Å². The van der Waals surface area contributed by atoms with Crippen LogP contribution >= 0.6 is 0 Å². The molecule has 4 fully saturated rings. The predicted octanol–water partition coefficient (Wildman–Crippen LogP) is -12.7. The fourth-order valence-corrected chi connectivity index (χ4v) is 8.43. The van der Waals surface area contributed by atoms with Crippen LogP contribution in [0.4, 0.5) is 0 Å². The van der Waals surface area contributed by atoms with Crippen LogP contribution in [0.15, 0.2) is 0 Å². The van der Waals surface area contributed by atoms with Gasteiger partial charge in [-0.25, -0.2) is 4.79 Å². The number of aliphatic hydroxyl groups is 16. The van der Waals surface area contributed by atoms with Gasteiger partial charge in [0.2, 0.25) is 17.7 Å². The van der Waals surface area contributed by atoms with Gasteiger partial charge in [0.1, 0.15) is 110 Å². The quantitative estimate of drug-likeness (QED) is 0.0452. The molecule has 412 valence electrons. The Bertz CT molecular complexity index is 1720. The van der Waals surface area contributed by atoms with Gasteiger partial charge in [0.05, 0.1) is 57.8 Å². The zero-order valence-electron chi connectivity index (χ0n) is 38.3. The van der Waals surface area contributed by atoms with Gasteiger partial charge in [-0.3, -0.25) is 14.4 Å². The van der Waals surface area contributed by atoms with Gasteiger partial charge < -0.3 is 141 Å². The van der Waals surface area contributed by atoms with Crippen LogP contribution in [-0.2, 0) is 57.1 Å². The Labute approximate surface area is 402 Å². The van der Waals surface area contributed by atoms with Crippen molar-refractivity contribution >= 4 is 23.7 Å². The molecule has 0 bridgehead atoms. The van der Waals surface area contributed by atoms with E-state index in [2.05, 4.69) is 16.0 Å². The minimum atomic E-state index is -3.04. The number of hydrogen-bond donors (Lipinski definition) is 20. The molecular formula is C39H67N3O29. The molecule has 0 unspecified atom stereocenters. The lowest BCUT2D eigenvalue weighted by molar-refractivity contribution is -0.372. The molecule has 3 amide bonds. The van der Waals surface area contributed by atoms with Crippen LogP contribution < -0.4 is 16.0 Å². The Morgan fingerprint density at radius 1 is 0.620 bits per heavy atom. The van der Waals surface area contributed by atoms with E-state index in [1.165, 1.54) is 0 Å². The molecule has 4 aliphatic heterocycles. The van der Waals surface area contributed by atoms with E-state index in [-0.39, 0.29) is 0 Å². The third-order valence-corrected chi connectivity index (χ3v) is 12.2. The number of nitrogens with one attached hydrogen (secondary N) is 3. The number of aliphatic carboxylic acids is 1. The molecule has 71 heavy (non-hydrogen) atoms. The average Bonchev–Trinajstić information content (AvgIpc) is 3.32. The number of aliphatic hydroxyl groups excluding tert-OH is 16. The Hall–Kier alpha value is -3.08. The third kappa shape index (κ3) is 14.2. The van der Waals surface area contributed by atoms with Gasteiger partial charge in [0.25, 0.3) is 5.79 Å². The van der Waals surface area contributed by atoms with Crippen molar-refractivity contribution in [2.24, 2.45) is 0 Å². The Morgan fingerprint density at radius 2 is 1.17 bits per heavy atom. The first-order valence-electron chi connectivity index (χ1n) is 22.1. The summed E-state index contributed by atoms with van der Waals surface area (Å²) in [5.74, 6) is -7.59. The molecule has 0 spiro atoms. The van der Waals surface area contributed by atoms with Crippen molar-refractivity contribution in [1.29, 1.82) is 0 Å². The summed E-state index contributed by atoms with van der Waals surface area (Å²) < 4.78 is 45.0. The van der Waals surface area contributed by atoms with Gasteiger partial charge in [-0.2, -0.15) is 0 Å². The molecule has 4 saturated heterocycles. The highest BCUT2D eigenvalue weighted by atomic mass is 16.8. The molecule has 0 aromatic rings. The maximum Gasteiger partial charge on any atom is 0.364 e. The number of carboxylic acids is 1. The van der Waals surface area contributed by atoms with Crippen LogP contribution in [0.2, 0.25) is 0 Å². The summed E-state index contributed by atoms with van der Waals surface area (Å²) in [5, 5.41) is 187. The predicted molar refractivity (Wildman–Crippen MR) is 221 cm³/mol. The zero-order chi connectivity index (χ0) is 53.4. The van der Waals surface area contributed by atoms with Crippen LogP contribution in [0, 0.1) is 0 Å². The number of carbonyl (C=O) groups excluding carboxylic acids is 3. The molecule has 25 atom stereocenters. The van der Waals surface area contributed by atoms with E-state index >= 15 is 0 Å². The first-order chi connectivity index (χ1) is 33.3. The van der Waals surface area contributed by atoms with Crippen LogP contribution in [0.1, 0.15) is 27.2 Å². The van der Waals surface area contributed by atoms with Crippen molar-refractivity contribution in [2.45, 2.75) is 180 Å². The fourth-order valence-electron chi connectivity index (χ4n) is 8.43. The van der Waals surface area contributed by atoms with Crippen LogP contribution in [0.5, 0.6) is 0 Å². The minimum Gasteiger partial charge on any atom is -0.477 e. The number of hydrogen-bond acceptors (Lipinski definition) is 28. The monoisotopic (exact) mass is 1040 g/mol. The summed E-state index contributed by atoms with van der Waals surface area (Å²) in [6.07, 6.45) is -43.3. The Kier molecular flexibility index (Phi) is 22.5. The van der Waals surface area contributed by atoms with E-state index in [0.29, 0.717) is 0 Å². The van der Waals surface area contributed by atoms with Crippen molar-refractivity contribution in [3.63, 3.8) is 0 Å². The van der Waals surface area contributed by atoms with E-state index in [1.54, 1.807) is 0 Å². The molecule has 0 aromatic heterocycles. The third-order valence-electron chi connectivity index (χ3n) is 12.2. The molecule has 4 rings (SSSR count). The molecule has 0 radical (unpaired) electrons. The van der Waals surface area contributed by atoms with Crippen molar-refractivity contribution in [3.8, 4) is 0 Å². The van der Waals surface area contributed by atoms with Crippen molar-refractivity contribution < 1.29 is 144 Å². The summed E-state index contributed by atoms with van der Waals surface area (Å²) in [4.78, 5) is 49.3. The summed E-state index contributed by atoms with van der Waals surface area (Å²) >= 11 is 0. The average molecular weight is 1040 g/mol. The van der Waals surface area contributed by atoms with Crippen LogP contribution in [-0.4, -0.2) is 303 Å². The molecule has 20 N–H and O–H groups in total. The molecular weight excluding hydrogens is 974 g/mol. The van der Waals surface area contributed by atoms with E-state index in [0.717, 1.165) is 20.8 Å². The number of carboxylic acid groups (broad SMARTS) is 1. The molecule has 32 heteroatoms. The first-order valence-corrected chi connectivity index (χ1v) is 22.1. The van der Waals surface area contributed by atoms with E-state index in [1.807, 2.05) is 0 Å². The molecule has 0 aliphatic carbocycles. The number of ether oxygens (including phenoxy) is 8. The fraction of sp³-hybridized carbons (Fsp3) is 0.897.